The molecule has 0 aromatic carbocycles. The second kappa shape index (κ2) is 8.87. The van der Waals surface area contributed by atoms with Crippen molar-refractivity contribution in [2.75, 3.05) is 65.7 Å². The van der Waals surface area contributed by atoms with Gasteiger partial charge in [-0.25, -0.2) is 4.79 Å². The third-order valence-electron chi connectivity index (χ3n) is 6.57. The third kappa shape index (κ3) is 4.32. The van der Waals surface area contributed by atoms with Gasteiger partial charge in [-0.15, -0.1) is 0 Å². The van der Waals surface area contributed by atoms with Crippen molar-refractivity contribution in [2.45, 2.75) is 50.2 Å². The average molecular weight is 367 g/mol. The molecule has 3 saturated heterocycles. The van der Waals surface area contributed by atoms with Crippen LogP contribution < -0.4 is 5.32 Å². The summed E-state index contributed by atoms with van der Waals surface area (Å²) in [5, 5.41) is 3.39. The Kier molecular flexibility index (Phi) is 6.30. The molecular formula is C19H34N4O3. The van der Waals surface area contributed by atoms with Gasteiger partial charge in [-0.3, -0.25) is 9.80 Å². The molecule has 1 aliphatic carbocycles. The molecule has 3 unspecified atom stereocenters. The maximum atomic E-state index is 12.9. The van der Waals surface area contributed by atoms with Crippen molar-refractivity contribution < 1.29 is 14.3 Å². The zero-order valence-corrected chi connectivity index (χ0v) is 15.9. The number of hydrogen-bond acceptors (Lipinski definition) is 5. The molecule has 3 atom stereocenters. The first-order chi connectivity index (χ1) is 12.8. The van der Waals surface area contributed by atoms with Crippen LogP contribution in [0.15, 0.2) is 0 Å². The second-order valence-corrected chi connectivity index (χ2v) is 8.09. The van der Waals surface area contributed by atoms with Gasteiger partial charge in [0.1, 0.15) is 0 Å². The number of likely N-dealkylation sites (tertiary alicyclic amines) is 1. The lowest BCUT2D eigenvalue weighted by Crippen LogP contribution is -2.57. The fourth-order valence-corrected chi connectivity index (χ4v) is 5.04. The second-order valence-electron chi connectivity index (χ2n) is 8.09. The van der Waals surface area contributed by atoms with Gasteiger partial charge in [-0.2, -0.15) is 0 Å². The minimum absolute atomic E-state index is 0.144. The molecule has 148 valence electrons. The maximum absolute atomic E-state index is 12.9. The molecule has 4 aliphatic rings. The normalized spacial score (nSPS) is 34.8. The molecule has 4 fully saturated rings. The quantitative estimate of drug-likeness (QED) is 0.799. The molecule has 0 aromatic rings. The van der Waals surface area contributed by atoms with Crippen molar-refractivity contribution in [3.63, 3.8) is 0 Å². The molecule has 1 N–H and O–H groups in total. The smallest absolute Gasteiger partial charge is 0.317 e. The number of nitrogens with zero attached hydrogens (tertiary/aromatic N) is 3. The lowest BCUT2D eigenvalue weighted by atomic mass is 9.89. The molecular weight excluding hydrogens is 332 g/mol. The Morgan fingerprint density at radius 1 is 0.808 bits per heavy atom. The number of carbonyl (C=O) groups is 1. The van der Waals surface area contributed by atoms with Crippen LogP contribution in [-0.2, 0) is 9.47 Å². The van der Waals surface area contributed by atoms with E-state index in [0.29, 0.717) is 12.1 Å². The number of morpholine rings is 2. The first kappa shape index (κ1) is 18.5. The SMILES string of the molecule is O=C(NC1CCCCC1N1CCOCC1)N1CCC(N2CCOCC2)C1. The summed E-state index contributed by atoms with van der Waals surface area (Å²) in [6.07, 6.45) is 5.89. The largest absolute Gasteiger partial charge is 0.379 e. The van der Waals surface area contributed by atoms with Crippen LogP contribution in [0.2, 0.25) is 0 Å². The maximum Gasteiger partial charge on any atom is 0.317 e. The van der Waals surface area contributed by atoms with Crippen molar-refractivity contribution in [3.05, 3.63) is 0 Å². The van der Waals surface area contributed by atoms with Gasteiger partial charge in [0.05, 0.1) is 26.4 Å². The number of ether oxygens (including phenoxy) is 2. The predicted octanol–water partition coefficient (Wildman–Crippen LogP) is 0.746. The molecule has 3 heterocycles. The summed E-state index contributed by atoms with van der Waals surface area (Å²) < 4.78 is 11.0. The standard InChI is InChI=1S/C19H34N4O3/c24-19(23-6-5-16(15-23)21-7-11-25-12-8-21)20-17-3-1-2-4-18(17)22-9-13-26-14-10-22/h16-18H,1-15H2,(H,20,24). The molecule has 0 spiro atoms. The van der Waals surface area contributed by atoms with E-state index >= 15 is 0 Å². The van der Waals surface area contributed by atoms with Gasteiger partial charge >= 0.3 is 6.03 Å². The molecule has 0 bridgehead atoms. The Bertz CT molecular complexity index is 466. The van der Waals surface area contributed by atoms with Crippen molar-refractivity contribution in [1.29, 1.82) is 0 Å². The summed E-state index contributed by atoms with van der Waals surface area (Å²) >= 11 is 0. The number of hydrogen-bond donors (Lipinski definition) is 1. The Morgan fingerprint density at radius 3 is 2.19 bits per heavy atom. The van der Waals surface area contributed by atoms with E-state index in [1.165, 1.54) is 19.3 Å². The van der Waals surface area contributed by atoms with E-state index in [1.807, 2.05) is 4.90 Å². The molecule has 7 heteroatoms. The fourth-order valence-electron chi connectivity index (χ4n) is 5.04. The van der Waals surface area contributed by atoms with E-state index in [-0.39, 0.29) is 12.1 Å². The summed E-state index contributed by atoms with van der Waals surface area (Å²) in [6.45, 7) is 9.04. The van der Waals surface area contributed by atoms with Gasteiger partial charge in [-0.1, -0.05) is 12.8 Å². The summed E-state index contributed by atoms with van der Waals surface area (Å²) in [4.78, 5) is 20.0. The van der Waals surface area contributed by atoms with Gasteiger partial charge in [0.15, 0.2) is 0 Å². The molecule has 26 heavy (non-hydrogen) atoms. The highest BCUT2D eigenvalue weighted by Crippen LogP contribution is 2.25. The van der Waals surface area contributed by atoms with E-state index in [9.17, 15) is 4.79 Å². The Hall–Kier alpha value is -0.890. The van der Waals surface area contributed by atoms with Crippen LogP contribution in [-0.4, -0.2) is 105 Å². The van der Waals surface area contributed by atoms with Crippen LogP contribution in [0.1, 0.15) is 32.1 Å². The van der Waals surface area contributed by atoms with Crippen molar-refractivity contribution in [2.24, 2.45) is 0 Å². The molecule has 1 saturated carbocycles. The van der Waals surface area contributed by atoms with Gasteiger partial charge in [-0.05, 0) is 19.3 Å². The van der Waals surface area contributed by atoms with Crippen LogP contribution >= 0.6 is 0 Å². The molecule has 7 nitrogen and oxygen atoms in total. The molecule has 0 radical (unpaired) electrons. The Balaban J connectivity index is 1.30. The number of amides is 2. The highest BCUT2D eigenvalue weighted by molar-refractivity contribution is 5.75. The lowest BCUT2D eigenvalue weighted by molar-refractivity contribution is 0.000459. The Morgan fingerprint density at radius 2 is 1.46 bits per heavy atom. The molecule has 0 aromatic heterocycles. The minimum Gasteiger partial charge on any atom is -0.379 e. The highest BCUT2D eigenvalue weighted by atomic mass is 16.5. The van der Waals surface area contributed by atoms with Crippen molar-refractivity contribution in [1.82, 2.24) is 20.0 Å². The van der Waals surface area contributed by atoms with Crippen LogP contribution in [0, 0.1) is 0 Å². The number of urea groups is 1. The number of rotatable bonds is 3. The van der Waals surface area contributed by atoms with Gasteiger partial charge in [0.25, 0.3) is 0 Å². The van der Waals surface area contributed by atoms with Crippen molar-refractivity contribution >= 4 is 6.03 Å². The van der Waals surface area contributed by atoms with E-state index in [0.717, 1.165) is 78.5 Å². The monoisotopic (exact) mass is 366 g/mol. The zero-order valence-electron chi connectivity index (χ0n) is 15.9. The van der Waals surface area contributed by atoms with Crippen molar-refractivity contribution in [3.8, 4) is 0 Å². The number of carbonyl (C=O) groups excluding carboxylic acids is 1. The van der Waals surface area contributed by atoms with E-state index in [4.69, 9.17) is 9.47 Å². The average Bonchev–Trinajstić information content (AvgIpc) is 3.20. The van der Waals surface area contributed by atoms with E-state index < -0.39 is 0 Å². The first-order valence-corrected chi connectivity index (χ1v) is 10.5. The van der Waals surface area contributed by atoms with Crippen LogP contribution in [0.4, 0.5) is 4.79 Å². The zero-order chi connectivity index (χ0) is 17.8. The first-order valence-electron chi connectivity index (χ1n) is 10.5. The topological polar surface area (TPSA) is 57.3 Å². The van der Waals surface area contributed by atoms with E-state index in [1.54, 1.807) is 0 Å². The minimum atomic E-state index is 0.144. The van der Waals surface area contributed by atoms with Crippen LogP contribution in [0.25, 0.3) is 0 Å². The van der Waals surface area contributed by atoms with Gasteiger partial charge in [0.2, 0.25) is 0 Å². The molecule has 4 rings (SSSR count). The summed E-state index contributed by atoms with van der Waals surface area (Å²) in [6, 6.07) is 1.42. The lowest BCUT2D eigenvalue weighted by Gasteiger charge is -2.42. The Labute approximate surface area is 157 Å². The summed E-state index contributed by atoms with van der Waals surface area (Å²) in [5.74, 6) is 0. The summed E-state index contributed by atoms with van der Waals surface area (Å²) in [7, 11) is 0. The van der Waals surface area contributed by atoms with Gasteiger partial charge in [0, 0.05) is 57.4 Å². The van der Waals surface area contributed by atoms with Crippen LogP contribution in [0.3, 0.4) is 0 Å². The summed E-state index contributed by atoms with van der Waals surface area (Å²) in [5.41, 5.74) is 0. The third-order valence-corrected chi connectivity index (χ3v) is 6.57. The highest BCUT2D eigenvalue weighted by Gasteiger charge is 2.35. The predicted molar refractivity (Wildman–Crippen MR) is 99.3 cm³/mol. The van der Waals surface area contributed by atoms with Gasteiger partial charge < -0.3 is 19.7 Å². The molecule has 3 aliphatic heterocycles. The fraction of sp³-hybridized carbons (Fsp3) is 0.947. The number of nitrogens with one attached hydrogen (secondary N) is 1. The van der Waals surface area contributed by atoms with E-state index in [2.05, 4.69) is 15.1 Å². The van der Waals surface area contributed by atoms with Crippen LogP contribution in [0.5, 0.6) is 0 Å². The molecule has 2 amide bonds.